The minimum Gasteiger partial charge on any atom is -0.443 e. The van der Waals surface area contributed by atoms with Crippen molar-refractivity contribution in [2.45, 2.75) is 33.3 Å². The van der Waals surface area contributed by atoms with E-state index in [-0.39, 0.29) is 0 Å². The molecule has 0 N–H and O–H groups in total. The number of pyridine rings is 1. The van der Waals surface area contributed by atoms with Crippen LogP contribution < -0.4 is 0 Å². The Labute approximate surface area is 114 Å². The lowest BCUT2D eigenvalue weighted by atomic mass is 10.2. The number of hydrogen-bond acceptors (Lipinski definition) is 3. The van der Waals surface area contributed by atoms with Crippen LogP contribution in [0.1, 0.15) is 26.5 Å². The Kier molecular flexibility index (Phi) is 3.19. The van der Waals surface area contributed by atoms with E-state index in [1.54, 1.807) is 6.20 Å². The number of halogens is 1. The predicted octanol–water partition coefficient (Wildman–Crippen LogP) is 3.89. The maximum atomic E-state index is 12.1. The molecule has 0 aromatic carbocycles. The number of rotatable bonds is 0. The van der Waals surface area contributed by atoms with Crippen LogP contribution in [0.3, 0.4) is 0 Å². The Hall–Kier alpha value is -1.36. The normalized spacial score (nSPS) is 11.8. The van der Waals surface area contributed by atoms with E-state index in [0.29, 0.717) is 5.65 Å². The van der Waals surface area contributed by atoms with Gasteiger partial charge < -0.3 is 4.74 Å². The number of hydrogen-bond donors (Lipinski definition) is 0. The molecular formula is C13H15BrN2O2. The fourth-order valence-electron chi connectivity index (χ4n) is 1.61. The summed E-state index contributed by atoms with van der Waals surface area (Å²) in [7, 11) is 0. The molecule has 0 aliphatic rings. The predicted molar refractivity (Wildman–Crippen MR) is 73.8 cm³/mol. The zero-order valence-electron chi connectivity index (χ0n) is 10.8. The quantitative estimate of drug-likeness (QED) is 0.741. The molecule has 0 aliphatic heterocycles. The highest BCUT2D eigenvalue weighted by Gasteiger charge is 2.20. The standard InChI is InChI=1S/C13H15BrN2O2/c1-8-5-6-9-10(14)7-16(11(9)15-8)12(17)18-13(2,3)4/h5-7H,1-4H3. The van der Waals surface area contributed by atoms with E-state index in [1.807, 2.05) is 39.8 Å². The van der Waals surface area contributed by atoms with Crippen LogP contribution in [0.15, 0.2) is 22.8 Å². The first-order valence-corrected chi connectivity index (χ1v) is 6.45. The average Bonchev–Trinajstić information content (AvgIpc) is 2.53. The first kappa shape index (κ1) is 13.1. The Morgan fingerprint density at radius 1 is 1.39 bits per heavy atom. The second-order valence-electron chi connectivity index (χ2n) is 5.15. The van der Waals surface area contributed by atoms with Crippen molar-refractivity contribution in [1.82, 2.24) is 9.55 Å². The summed E-state index contributed by atoms with van der Waals surface area (Å²) in [4.78, 5) is 16.5. The van der Waals surface area contributed by atoms with Gasteiger partial charge in [-0.3, -0.25) is 0 Å². The summed E-state index contributed by atoms with van der Waals surface area (Å²) in [5.41, 5.74) is 0.943. The zero-order valence-corrected chi connectivity index (χ0v) is 12.4. The number of ether oxygens (including phenoxy) is 1. The molecule has 2 heterocycles. The van der Waals surface area contributed by atoms with Crippen molar-refractivity contribution < 1.29 is 9.53 Å². The number of nitrogens with zero attached hydrogens (tertiary/aromatic N) is 2. The first-order valence-electron chi connectivity index (χ1n) is 5.65. The number of aromatic nitrogens is 2. The minimum atomic E-state index is -0.524. The summed E-state index contributed by atoms with van der Waals surface area (Å²) in [6.45, 7) is 7.40. The molecule has 96 valence electrons. The Bertz CT molecular complexity index is 611. The smallest absolute Gasteiger partial charge is 0.420 e. The molecule has 5 heteroatoms. The number of fused-ring (bicyclic) bond motifs is 1. The molecule has 0 radical (unpaired) electrons. The molecular weight excluding hydrogens is 296 g/mol. The molecule has 4 nitrogen and oxygen atoms in total. The van der Waals surface area contributed by atoms with Gasteiger partial charge in [0.25, 0.3) is 0 Å². The molecule has 0 fully saturated rings. The second kappa shape index (κ2) is 4.39. The third kappa shape index (κ3) is 2.56. The van der Waals surface area contributed by atoms with E-state index >= 15 is 0 Å². The molecule has 0 unspecified atom stereocenters. The van der Waals surface area contributed by atoms with Crippen molar-refractivity contribution in [2.24, 2.45) is 0 Å². The summed E-state index contributed by atoms with van der Waals surface area (Å²) in [5.74, 6) is 0. The molecule has 2 rings (SSSR count). The lowest BCUT2D eigenvalue weighted by Gasteiger charge is -2.19. The molecule has 0 amide bonds. The van der Waals surface area contributed by atoms with Crippen molar-refractivity contribution in [3.8, 4) is 0 Å². The summed E-state index contributed by atoms with van der Waals surface area (Å²) >= 11 is 3.42. The Morgan fingerprint density at radius 2 is 2.06 bits per heavy atom. The van der Waals surface area contributed by atoms with Crippen LogP contribution in [0.25, 0.3) is 11.0 Å². The van der Waals surface area contributed by atoms with Gasteiger partial charge in [0.15, 0.2) is 5.65 Å². The topological polar surface area (TPSA) is 44.1 Å². The fraction of sp³-hybridized carbons (Fsp3) is 0.385. The van der Waals surface area contributed by atoms with Gasteiger partial charge in [0.1, 0.15) is 5.60 Å². The summed E-state index contributed by atoms with van der Waals surface area (Å²) in [6.07, 6.45) is 1.27. The molecule has 18 heavy (non-hydrogen) atoms. The van der Waals surface area contributed by atoms with Crippen molar-refractivity contribution in [3.05, 3.63) is 28.5 Å². The van der Waals surface area contributed by atoms with E-state index in [4.69, 9.17) is 4.74 Å². The van der Waals surface area contributed by atoms with Gasteiger partial charge in [-0.25, -0.2) is 14.3 Å². The Balaban J connectivity index is 2.51. The highest BCUT2D eigenvalue weighted by atomic mass is 79.9. The maximum Gasteiger partial charge on any atom is 0.420 e. The molecule has 0 atom stereocenters. The largest absolute Gasteiger partial charge is 0.443 e. The lowest BCUT2D eigenvalue weighted by Crippen LogP contribution is -2.26. The van der Waals surface area contributed by atoms with E-state index < -0.39 is 11.7 Å². The van der Waals surface area contributed by atoms with Crippen molar-refractivity contribution >= 4 is 33.1 Å². The third-order valence-electron chi connectivity index (χ3n) is 2.33. The Morgan fingerprint density at radius 3 is 2.67 bits per heavy atom. The van der Waals surface area contributed by atoms with Gasteiger partial charge in [-0.2, -0.15) is 0 Å². The number of aryl methyl sites for hydroxylation is 1. The molecule has 0 saturated carbocycles. The summed E-state index contributed by atoms with van der Waals surface area (Å²) < 4.78 is 7.61. The maximum absolute atomic E-state index is 12.1. The van der Waals surface area contributed by atoms with E-state index in [0.717, 1.165) is 15.6 Å². The third-order valence-corrected chi connectivity index (χ3v) is 2.96. The van der Waals surface area contributed by atoms with Gasteiger partial charge in [0, 0.05) is 21.7 Å². The highest BCUT2D eigenvalue weighted by Crippen LogP contribution is 2.25. The second-order valence-corrected chi connectivity index (χ2v) is 6.01. The van der Waals surface area contributed by atoms with Crippen molar-refractivity contribution in [2.75, 3.05) is 0 Å². The molecule has 0 saturated heterocycles. The summed E-state index contributed by atoms with van der Waals surface area (Å²) in [6, 6.07) is 3.84. The van der Waals surface area contributed by atoms with Gasteiger partial charge in [-0.05, 0) is 55.8 Å². The molecule has 0 spiro atoms. The van der Waals surface area contributed by atoms with Gasteiger partial charge in [-0.1, -0.05) is 0 Å². The molecule has 2 aromatic heterocycles. The fourth-order valence-corrected chi connectivity index (χ4v) is 2.12. The molecule has 2 aromatic rings. The van der Waals surface area contributed by atoms with Crippen LogP contribution in [-0.4, -0.2) is 21.2 Å². The van der Waals surface area contributed by atoms with E-state index in [9.17, 15) is 4.79 Å². The summed E-state index contributed by atoms with van der Waals surface area (Å²) in [5, 5.41) is 0.895. The van der Waals surface area contributed by atoms with Gasteiger partial charge in [-0.15, -0.1) is 0 Å². The van der Waals surface area contributed by atoms with Crippen LogP contribution in [0.4, 0.5) is 4.79 Å². The molecule has 0 bridgehead atoms. The van der Waals surface area contributed by atoms with Crippen LogP contribution in [0.5, 0.6) is 0 Å². The van der Waals surface area contributed by atoms with Crippen LogP contribution in [0, 0.1) is 6.92 Å². The highest BCUT2D eigenvalue weighted by molar-refractivity contribution is 9.10. The van der Waals surface area contributed by atoms with Crippen molar-refractivity contribution in [3.63, 3.8) is 0 Å². The number of carbonyl (C=O) groups is 1. The van der Waals surface area contributed by atoms with Gasteiger partial charge >= 0.3 is 6.09 Å². The number of carbonyl (C=O) groups excluding carboxylic acids is 1. The van der Waals surface area contributed by atoms with Crippen molar-refractivity contribution in [1.29, 1.82) is 0 Å². The lowest BCUT2D eigenvalue weighted by molar-refractivity contribution is 0.0543. The average molecular weight is 311 g/mol. The van der Waals surface area contributed by atoms with E-state index in [1.165, 1.54) is 4.57 Å². The van der Waals surface area contributed by atoms with Gasteiger partial charge in [0.2, 0.25) is 0 Å². The zero-order chi connectivity index (χ0) is 13.5. The first-order chi connectivity index (χ1) is 8.28. The van der Waals surface area contributed by atoms with Gasteiger partial charge in [0.05, 0.1) is 0 Å². The monoisotopic (exact) mass is 310 g/mol. The minimum absolute atomic E-state index is 0.420. The van der Waals surface area contributed by atoms with Crippen LogP contribution >= 0.6 is 15.9 Å². The van der Waals surface area contributed by atoms with Crippen LogP contribution in [-0.2, 0) is 4.74 Å². The molecule has 0 aliphatic carbocycles. The SMILES string of the molecule is Cc1ccc2c(Br)cn(C(=O)OC(C)(C)C)c2n1. The van der Waals surface area contributed by atoms with Crippen LogP contribution in [0.2, 0.25) is 0 Å². The van der Waals surface area contributed by atoms with E-state index in [2.05, 4.69) is 20.9 Å².